The van der Waals surface area contributed by atoms with Crippen molar-refractivity contribution in [1.82, 2.24) is 0 Å². The zero-order valence-corrected chi connectivity index (χ0v) is 27.0. The molecule has 9 unspecified atom stereocenters. The second-order valence-electron chi connectivity index (χ2n) is 11.7. The number of carbonyl (C=O) groups excluding carboxylic acids is 5. The van der Waals surface area contributed by atoms with Crippen molar-refractivity contribution in [2.75, 3.05) is 6.61 Å². The third-order valence-corrected chi connectivity index (χ3v) is 8.12. The SMILES string of the molecule is CC(=O)OCC1OC(OC2OC=C(C(=O)O)C3CCC(C)(OC(=O)C=Cc4ccccc4)C23)C(OC(C)=O)C(OC(C)=O)C1OC(C)=O. The van der Waals surface area contributed by atoms with Crippen molar-refractivity contribution in [2.24, 2.45) is 11.8 Å². The largest absolute Gasteiger partial charge is 0.478 e. The molecular formula is C33H38O15. The van der Waals surface area contributed by atoms with E-state index in [4.69, 9.17) is 37.9 Å². The highest BCUT2D eigenvalue weighted by molar-refractivity contribution is 5.88. The number of benzene rings is 1. The molecule has 15 heteroatoms. The minimum Gasteiger partial charge on any atom is -0.478 e. The maximum atomic E-state index is 13.0. The van der Waals surface area contributed by atoms with Gasteiger partial charge in [0.2, 0.25) is 12.6 Å². The van der Waals surface area contributed by atoms with E-state index in [0.717, 1.165) is 39.5 Å². The van der Waals surface area contributed by atoms with Crippen molar-refractivity contribution in [2.45, 2.75) is 90.1 Å². The predicted octanol–water partition coefficient (Wildman–Crippen LogP) is 2.45. The Bertz CT molecular complexity index is 1450. The highest BCUT2D eigenvalue weighted by Crippen LogP contribution is 2.51. The van der Waals surface area contributed by atoms with Gasteiger partial charge in [-0.05, 0) is 31.4 Å². The van der Waals surface area contributed by atoms with E-state index in [-0.39, 0.29) is 18.4 Å². The van der Waals surface area contributed by atoms with E-state index >= 15 is 0 Å². The zero-order chi connectivity index (χ0) is 35.2. The summed E-state index contributed by atoms with van der Waals surface area (Å²) in [4.78, 5) is 73.5. The first-order valence-corrected chi connectivity index (χ1v) is 15.2. The van der Waals surface area contributed by atoms with E-state index in [0.29, 0.717) is 0 Å². The molecule has 1 saturated heterocycles. The second kappa shape index (κ2) is 15.4. The summed E-state index contributed by atoms with van der Waals surface area (Å²) in [7, 11) is 0. The zero-order valence-electron chi connectivity index (χ0n) is 27.0. The maximum absolute atomic E-state index is 13.0. The molecule has 0 amide bonds. The molecule has 2 fully saturated rings. The topological polar surface area (TPSA) is 196 Å². The number of aliphatic carboxylic acids is 1. The molecule has 1 aromatic carbocycles. The summed E-state index contributed by atoms with van der Waals surface area (Å²) >= 11 is 0. The van der Waals surface area contributed by atoms with Gasteiger partial charge in [-0.25, -0.2) is 9.59 Å². The molecule has 1 aromatic rings. The summed E-state index contributed by atoms with van der Waals surface area (Å²) in [6.07, 6.45) is -4.37. The van der Waals surface area contributed by atoms with Gasteiger partial charge in [0.15, 0.2) is 18.3 Å². The molecule has 0 spiro atoms. The van der Waals surface area contributed by atoms with Crippen LogP contribution in [0.15, 0.2) is 48.2 Å². The van der Waals surface area contributed by atoms with Crippen LogP contribution in [0.25, 0.3) is 6.08 Å². The molecule has 0 bridgehead atoms. The van der Waals surface area contributed by atoms with Crippen LogP contribution in [-0.4, -0.2) is 90.1 Å². The van der Waals surface area contributed by atoms with Gasteiger partial charge >= 0.3 is 35.8 Å². The molecule has 9 atom stereocenters. The van der Waals surface area contributed by atoms with Crippen LogP contribution in [0.4, 0.5) is 0 Å². The lowest BCUT2D eigenvalue weighted by atomic mass is 9.81. The number of esters is 5. The molecule has 4 rings (SSSR count). The van der Waals surface area contributed by atoms with E-state index < -0.39 is 96.9 Å². The Balaban J connectivity index is 1.69. The first-order chi connectivity index (χ1) is 22.7. The van der Waals surface area contributed by atoms with Gasteiger partial charge in [0, 0.05) is 39.7 Å². The van der Waals surface area contributed by atoms with Gasteiger partial charge in [-0.1, -0.05) is 30.3 Å². The van der Waals surface area contributed by atoms with Crippen LogP contribution >= 0.6 is 0 Å². The van der Waals surface area contributed by atoms with Crippen molar-refractivity contribution < 1.29 is 71.8 Å². The predicted molar refractivity (Wildman–Crippen MR) is 160 cm³/mol. The Morgan fingerprint density at radius 2 is 1.50 bits per heavy atom. The highest BCUT2D eigenvalue weighted by atomic mass is 16.8. The van der Waals surface area contributed by atoms with Crippen LogP contribution in [0.3, 0.4) is 0 Å². The fraction of sp³-hybridized carbons (Fsp3) is 0.515. The summed E-state index contributed by atoms with van der Waals surface area (Å²) in [5.41, 5.74) is -0.632. The van der Waals surface area contributed by atoms with Gasteiger partial charge in [-0.15, -0.1) is 0 Å². The van der Waals surface area contributed by atoms with Crippen LogP contribution < -0.4 is 0 Å². The van der Waals surface area contributed by atoms with E-state index in [1.807, 2.05) is 18.2 Å². The average Bonchev–Trinajstić information content (AvgIpc) is 3.34. The summed E-state index contributed by atoms with van der Waals surface area (Å²) in [5, 5.41) is 9.93. The fourth-order valence-corrected chi connectivity index (χ4v) is 6.22. The minimum atomic E-state index is -1.62. The summed E-state index contributed by atoms with van der Waals surface area (Å²) in [5.74, 6) is -6.73. The number of fused-ring (bicyclic) bond motifs is 1. The van der Waals surface area contributed by atoms with Gasteiger partial charge < -0.3 is 43.0 Å². The van der Waals surface area contributed by atoms with Crippen molar-refractivity contribution in [1.29, 1.82) is 0 Å². The van der Waals surface area contributed by atoms with Gasteiger partial charge in [-0.2, -0.15) is 0 Å². The lowest BCUT2D eigenvalue weighted by Crippen LogP contribution is -2.64. The molecule has 260 valence electrons. The van der Waals surface area contributed by atoms with Crippen molar-refractivity contribution >= 4 is 41.9 Å². The monoisotopic (exact) mass is 674 g/mol. The fourth-order valence-electron chi connectivity index (χ4n) is 6.22. The highest BCUT2D eigenvalue weighted by Gasteiger charge is 2.59. The lowest BCUT2D eigenvalue weighted by molar-refractivity contribution is -0.348. The number of carboxylic acid groups (broad SMARTS) is 1. The van der Waals surface area contributed by atoms with E-state index in [2.05, 4.69) is 0 Å². The van der Waals surface area contributed by atoms with Crippen LogP contribution in [0.1, 0.15) is 53.0 Å². The molecule has 1 aliphatic carbocycles. The van der Waals surface area contributed by atoms with E-state index in [1.54, 1.807) is 25.1 Å². The van der Waals surface area contributed by atoms with Gasteiger partial charge in [0.25, 0.3) is 0 Å². The Labute approximate surface area is 276 Å². The Morgan fingerprint density at radius 1 is 0.875 bits per heavy atom. The smallest absolute Gasteiger partial charge is 0.334 e. The van der Waals surface area contributed by atoms with E-state index in [9.17, 15) is 33.9 Å². The van der Waals surface area contributed by atoms with Crippen molar-refractivity contribution in [3.8, 4) is 0 Å². The molecule has 2 heterocycles. The van der Waals surface area contributed by atoms with E-state index in [1.165, 1.54) is 6.08 Å². The third kappa shape index (κ3) is 8.77. The number of hydrogen-bond donors (Lipinski definition) is 1. The molecule has 48 heavy (non-hydrogen) atoms. The molecule has 0 aromatic heterocycles. The van der Waals surface area contributed by atoms with Crippen LogP contribution in [-0.2, 0) is 66.7 Å². The van der Waals surface area contributed by atoms with Crippen molar-refractivity contribution in [3.05, 3.63) is 53.8 Å². The Kier molecular flexibility index (Phi) is 11.6. The van der Waals surface area contributed by atoms with Crippen LogP contribution in [0.2, 0.25) is 0 Å². The lowest BCUT2D eigenvalue weighted by Gasteiger charge is -2.46. The molecular weight excluding hydrogens is 636 g/mol. The summed E-state index contributed by atoms with van der Waals surface area (Å²) in [6, 6.07) is 9.05. The Morgan fingerprint density at radius 3 is 2.10 bits per heavy atom. The normalized spacial score (nSPS) is 31.0. The third-order valence-electron chi connectivity index (χ3n) is 8.12. The van der Waals surface area contributed by atoms with Gasteiger partial charge in [0.1, 0.15) is 18.3 Å². The molecule has 3 aliphatic rings. The van der Waals surface area contributed by atoms with Crippen LogP contribution in [0, 0.1) is 11.8 Å². The summed E-state index contributed by atoms with van der Waals surface area (Å²) < 4.78 is 45.5. The molecule has 15 nitrogen and oxygen atoms in total. The number of hydrogen-bond acceptors (Lipinski definition) is 14. The first kappa shape index (κ1) is 36.1. The molecule has 1 N–H and O–H groups in total. The number of ether oxygens (including phenoxy) is 8. The number of rotatable bonds is 11. The molecule has 0 radical (unpaired) electrons. The standard InChI is InChI=1S/C33H38O15/c1-17(34)41-16-24-27(43-18(2)35)28(44-19(3)36)29(45-20(4)37)32(46-24)47-31-26-22(23(15-42-31)30(39)40)13-14-33(26,5)48-25(38)12-11-21-9-7-6-8-10-21/h6-12,15,22,24,26-29,31-32H,13-14,16H2,1-5H3,(H,39,40). The van der Waals surface area contributed by atoms with Gasteiger partial charge in [-0.3, -0.25) is 19.2 Å². The van der Waals surface area contributed by atoms with Gasteiger partial charge in [0.05, 0.1) is 17.8 Å². The summed E-state index contributed by atoms with van der Waals surface area (Å²) in [6.45, 7) is 5.54. The number of carbonyl (C=O) groups is 6. The number of carboxylic acids is 1. The van der Waals surface area contributed by atoms with Crippen molar-refractivity contribution in [3.63, 3.8) is 0 Å². The molecule has 1 saturated carbocycles. The van der Waals surface area contributed by atoms with Crippen LogP contribution in [0.5, 0.6) is 0 Å². The minimum absolute atomic E-state index is 0.0685. The average molecular weight is 675 g/mol. The first-order valence-electron chi connectivity index (χ1n) is 15.2. The Hall–Kier alpha value is -4.76. The maximum Gasteiger partial charge on any atom is 0.334 e. The second-order valence-corrected chi connectivity index (χ2v) is 11.7. The molecule has 2 aliphatic heterocycles. The quantitative estimate of drug-likeness (QED) is 0.204.